The molecule has 1 aliphatic rings. The van der Waals surface area contributed by atoms with Gasteiger partial charge in [0.25, 0.3) is 0 Å². The standard InChI is InChI=1S/C22H30N2O5S/c1-23(17-25)14-15-24(2)21(26)28-16-18-10-12-20(13-11-18)30-22(27)29-19-8-6-4-3-5-7-9-19/h6,8,10-13,17,19H,3-5,7,9,14-16H2,1-2H3/b8-6+/i17D. The zero-order chi connectivity index (χ0) is 22.6. The number of carbonyl (C=O) groups is 3. The van der Waals surface area contributed by atoms with E-state index in [4.69, 9.17) is 10.8 Å². The van der Waals surface area contributed by atoms with Gasteiger partial charge in [-0.05, 0) is 61.2 Å². The maximum Gasteiger partial charge on any atom is 0.409 e. The molecule has 8 heteroatoms. The van der Waals surface area contributed by atoms with Crippen molar-refractivity contribution in [2.24, 2.45) is 0 Å². The summed E-state index contributed by atoms with van der Waals surface area (Å²) in [6.07, 6.45) is 7.90. The summed E-state index contributed by atoms with van der Waals surface area (Å²) in [6.45, 7) is 0.624. The van der Waals surface area contributed by atoms with Crippen LogP contribution in [0, 0.1) is 0 Å². The molecular weight excluding hydrogens is 404 g/mol. The molecule has 1 atom stereocenters. The van der Waals surface area contributed by atoms with Crippen LogP contribution in [-0.4, -0.2) is 60.9 Å². The molecule has 30 heavy (non-hydrogen) atoms. The predicted octanol–water partition coefficient (Wildman–Crippen LogP) is 4.46. The van der Waals surface area contributed by atoms with Crippen LogP contribution >= 0.6 is 11.8 Å². The Morgan fingerprint density at radius 1 is 1.20 bits per heavy atom. The van der Waals surface area contributed by atoms with Crippen molar-refractivity contribution in [3.8, 4) is 0 Å². The number of rotatable bonds is 7. The maximum atomic E-state index is 12.2. The quantitative estimate of drug-likeness (QED) is 0.272. The normalized spacial score (nSPS) is 17.7. The summed E-state index contributed by atoms with van der Waals surface area (Å²) in [7, 11) is 3.07. The molecule has 1 aromatic carbocycles. The Balaban J connectivity index is 1.74. The maximum absolute atomic E-state index is 12.2. The molecule has 0 saturated carbocycles. The summed E-state index contributed by atoms with van der Waals surface area (Å²) in [5.74, 6) is 0. The van der Waals surface area contributed by atoms with Gasteiger partial charge in [-0.15, -0.1) is 0 Å². The molecule has 0 bridgehead atoms. The Bertz CT molecular complexity index is 772. The molecule has 2 rings (SSSR count). The van der Waals surface area contributed by atoms with Crippen LogP contribution < -0.4 is 0 Å². The number of hydrogen-bond donors (Lipinski definition) is 0. The van der Waals surface area contributed by atoms with Gasteiger partial charge in [0.1, 0.15) is 14.1 Å². The highest BCUT2D eigenvalue weighted by Gasteiger charge is 2.14. The lowest BCUT2D eigenvalue weighted by Crippen LogP contribution is -2.34. The fourth-order valence-electron chi connectivity index (χ4n) is 2.82. The van der Waals surface area contributed by atoms with Gasteiger partial charge < -0.3 is 19.3 Å². The smallest absolute Gasteiger partial charge is 0.409 e. The Morgan fingerprint density at radius 3 is 2.70 bits per heavy atom. The zero-order valence-electron chi connectivity index (χ0n) is 18.5. The lowest BCUT2D eigenvalue weighted by Gasteiger charge is -2.19. The van der Waals surface area contributed by atoms with E-state index >= 15 is 0 Å². The topological polar surface area (TPSA) is 76.2 Å². The van der Waals surface area contributed by atoms with Crippen molar-refractivity contribution in [1.29, 1.82) is 0 Å². The van der Waals surface area contributed by atoms with Crippen molar-refractivity contribution < 1.29 is 25.2 Å². The van der Waals surface area contributed by atoms with Crippen LogP contribution in [-0.2, 0) is 20.9 Å². The number of benzene rings is 1. The monoisotopic (exact) mass is 435 g/mol. The third kappa shape index (κ3) is 8.90. The van der Waals surface area contributed by atoms with Gasteiger partial charge in [-0.1, -0.05) is 24.6 Å². The minimum absolute atomic E-state index is 0.0959. The van der Waals surface area contributed by atoms with E-state index in [-0.39, 0.29) is 31.1 Å². The number of nitrogens with zero attached hydrogens (tertiary/aromatic N) is 2. The number of allylic oxidation sites excluding steroid dienone is 1. The first-order chi connectivity index (χ1) is 14.8. The van der Waals surface area contributed by atoms with E-state index in [1.807, 2.05) is 6.08 Å². The molecular formula is C22H30N2O5S. The van der Waals surface area contributed by atoms with Crippen LogP contribution in [0.1, 0.15) is 39.0 Å². The van der Waals surface area contributed by atoms with Gasteiger partial charge in [0, 0.05) is 32.1 Å². The molecule has 2 amide bonds. The largest absolute Gasteiger partial charge is 0.450 e. The Hall–Kier alpha value is -2.48. The number of hydrogen-bond acceptors (Lipinski definition) is 6. The van der Waals surface area contributed by atoms with E-state index in [1.165, 1.54) is 23.3 Å². The van der Waals surface area contributed by atoms with Crippen molar-refractivity contribution in [2.75, 3.05) is 27.2 Å². The molecule has 0 fully saturated rings. The molecule has 0 aromatic heterocycles. The molecule has 0 radical (unpaired) electrons. The Labute approximate surface area is 183 Å². The first kappa shape index (κ1) is 22.2. The highest BCUT2D eigenvalue weighted by atomic mass is 32.2. The number of ether oxygens (including phenoxy) is 2. The number of amides is 2. The number of thioether (sulfide) groups is 1. The van der Waals surface area contributed by atoms with Crippen molar-refractivity contribution in [2.45, 2.75) is 49.7 Å². The molecule has 1 aliphatic carbocycles. The van der Waals surface area contributed by atoms with Crippen molar-refractivity contribution in [3.05, 3.63) is 42.0 Å². The lowest BCUT2D eigenvalue weighted by atomic mass is 10.0. The first-order valence-electron chi connectivity index (χ1n) is 10.6. The molecule has 0 N–H and O–H groups in total. The molecule has 0 spiro atoms. The fraction of sp³-hybridized carbons (Fsp3) is 0.500. The van der Waals surface area contributed by atoms with Gasteiger partial charge in [0.15, 0.2) is 0 Å². The van der Waals surface area contributed by atoms with Gasteiger partial charge in [0.2, 0.25) is 6.39 Å². The Morgan fingerprint density at radius 2 is 1.97 bits per heavy atom. The second-order valence-electron chi connectivity index (χ2n) is 7.21. The zero-order valence-corrected chi connectivity index (χ0v) is 18.4. The highest BCUT2D eigenvalue weighted by molar-refractivity contribution is 8.13. The molecule has 7 nitrogen and oxygen atoms in total. The lowest BCUT2D eigenvalue weighted by molar-refractivity contribution is -0.117. The van der Waals surface area contributed by atoms with Gasteiger partial charge in [-0.3, -0.25) is 4.79 Å². The molecule has 0 aliphatic heterocycles. The fourth-order valence-corrected chi connectivity index (χ4v) is 3.45. The van der Waals surface area contributed by atoms with Gasteiger partial charge in [-0.25, -0.2) is 9.59 Å². The van der Waals surface area contributed by atoms with E-state index < -0.39 is 12.5 Å². The van der Waals surface area contributed by atoms with Gasteiger partial charge >= 0.3 is 11.4 Å². The van der Waals surface area contributed by atoms with Gasteiger partial charge in [-0.2, -0.15) is 0 Å². The van der Waals surface area contributed by atoms with E-state index in [0.717, 1.165) is 47.9 Å². The third-order valence-electron chi connectivity index (χ3n) is 4.68. The molecule has 164 valence electrons. The summed E-state index contributed by atoms with van der Waals surface area (Å²) in [4.78, 5) is 38.4. The second kappa shape index (κ2) is 13.0. The third-order valence-corrected chi connectivity index (χ3v) is 5.45. The molecule has 0 saturated heterocycles. The van der Waals surface area contributed by atoms with Crippen LogP contribution in [0.2, 0.25) is 0 Å². The van der Waals surface area contributed by atoms with Crippen molar-refractivity contribution in [3.63, 3.8) is 0 Å². The predicted molar refractivity (Wildman–Crippen MR) is 116 cm³/mol. The van der Waals surface area contributed by atoms with Gasteiger partial charge in [0.05, 0.1) is 0 Å². The highest BCUT2D eigenvalue weighted by Crippen LogP contribution is 2.23. The Kier molecular flexibility index (Phi) is 9.59. The van der Waals surface area contributed by atoms with Crippen LogP contribution in [0.3, 0.4) is 0 Å². The second-order valence-corrected chi connectivity index (χ2v) is 8.22. The first-order valence-corrected chi connectivity index (χ1v) is 10.9. The van der Waals surface area contributed by atoms with E-state index in [1.54, 1.807) is 31.3 Å². The summed E-state index contributed by atoms with van der Waals surface area (Å²) in [5, 5.41) is -0.327. The average molecular weight is 436 g/mol. The summed E-state index contributed by atoms with van der Waals surface area (Å²) in [6, 6.07) is 7.18. The van der Waals surface area contributed by atoms with Crippen LogP contribution in [0.25, 0.3) is 0 Å². The van der Waals surface area contributed by atoms with Crippen molar-refractivity contribution >= 4 is 29.5 Å². The van der Waals surface area contributed by atoms with E-state index in [0.29, 0.717) is 0 Å². The minimum Gasteiger partial charge on any atom is -0.450 e. The van der Waals surface area contributed by atoms with E-state index in [9.17, 15) is 14.4 Å². The van der Waals surface area contributed by atoms with Crippen molar-refractivity contribution in [1.82, 2.24) is 9.80 Å². The van der Waals surface area contributed by atoms with Crippen LogP contribution in [0.4, 0.5) is 9.59 Å². The van der Waals surface area contributed by atoms with Crippen LogP contribution in [0.5, 0.6) is 0 Å². The number of likely N-dealkylation sites (N-methyl/N-ethyl adjacent to an activating group) is 2. The molecule has 0 heterocycles. The molecule has 1 unspecified atom stereocenters. The summed E-state index contributed by atoms with van der Waals surface area (Å²) < 4.78 is 17.8. The number of carbonyl (C=O) groups excluding carboxylic acids is 3. The molecule has 1 aromatic rings. The average Bonchev–Trinajstić information content (AvgIpc) is 2.72. The minimum atomic E-state index is -0.801. The van der Waals surface area contributed by atoms with E-state index in [2.05, 4.69) is 6.08 Å². The summed E-state index contributed by atoms with van der Waals surface area (Å²) >= 11 is 1.04. The SMILES string of the molecule is [2H]C(=O)N(C)CCN(C)C(=O)OCc1ccc(SC(=O)OC2/C=C/CCCCC2)cc1. The summed E-state index contributed by atoms with van der Waals surface area (Å²) in [5.41, 5.74) is 0.792. The van der Waals surface area contributed by atoms with Crippen LogP contribution in [0.15, 0.2) is 41.3 Å².